The Hall–Kier alpha value is -2.87. The van der Waals surface area contributed by atoms with Crippen molar-refractivity contribution in [3.05, 3.63) is 35.7 Å². The number of hydrogen-bond acceptors (Lipinski definition) is 6. The fraction of sp³-hybridized carbons (Fsp3) is 0.621. The van der Waals surface area contributed by atoms with Crippen LogP contribution in [-0.2, 0) is 20.9 Å². The molecule has 0 bridgehead atoms. The third-order valence-electron chi connectivity index (χ3n) is 7.70. The van der Waals surface area contributed by atoms with Crippen molar-refractivity contribution in [2.45, 2.75) is 96.3 Å². The zero-order chi connectivity index (χ0) is 26.4. The number of nitrogens with one attached hydrogen (secondary N) is 1. The van der Waals surface area contributed by atoms with Gasteiger partial charge in [-0.25, -0.2) is 9.78 Å². The second kappa shape index (κ2) is 12.6. The van der Waals surface area contributed by atoms with E-state index >= 15 is 0 Å². The summed E-state index contributed by atoms with van der Waals surface area (Å²) in [5.74, 6) is 0.966. The quantitative estimate of drug-likeness (QED) is 0.420. The Bertz CT molecular complexity index is 1060. The highest BCUT2D eigenvalue weighted by Crippen LogP contribution is 2.38. The maximum Gasteiger partial charge on any atom is 0.326 e. The summed E-state index contributed by atoms with van der Waals surface area (Å²) in [6, 6.07) is 6.84. The zero-order valence-corrected chi connectivity index (χ0v) is 22.2. The van der Waals surface area contributed by atoms with E-state index < -0.39 is 12.0 Å². The molecule has 202 valence electrons. The molecule has 0 spiro atoms. The molecule has 1 aromatic carbocycles. The highest BCUT2D eigenvalue weighted by Gasteiger charge is 2.32. The van der Waals surface area contributed by atoms with Gasteiger partial charge in [-0.05, 0) is 56.2 Å². The summed E-state index contributed by atoms with van der Waals surface area (Å²) in [6.07, 6.45) is 8.79. The van der Waals surface area contributed by atoms with Crippen LogP contribution >= 0.6 is 0 Å². The van der Waals surface area contributed by atoms with E-state index in [0.717, 1.165) is 54.9 Å². The van der Waals surface area contributed by atoms with Crippen LogP contribution in [0.1, 0.15) is 89.0 Å². The van der Waals surface area contributed by atoms with Crippen molar-refractivity contribution in [3.63, 3.8) is 0 Å². The molecular weight excluding hydrogens is 472 g/mol. The molecule has 2 fully saturated rings. The minimum Gasteiger partial charge on any atom is -0.497 e. The Labute approximate surface area is 219 Å². The van der Waals surface area contributed by atoms with Crippen LogP contribution in [0.5, 0.6) is 5.75 Å². The van der Waals surface area contributed by atoms with Gasteiger partial charge in [0.25, 0.3) is 0 Å². The number of hydrogen-bond donors (Lipinski definition) is 2. The van der Waals surface area contributed by atoms with Crippen LogP contribution in [0.15, 0.2) is 28.7 Å². The van der Waals surface area contributed by atoms with Gasteiger partial charge in [0, 0.05) is 17.4 Å². The van der Waals surface area contributed by atoms with E-state index in [1.54, 1.807) is 21.0 Å². The number of amides is 1. The first-order valence-corrected chi connectivity index (χ1v) is 13.6. The van der Waals surface area contributed by atoms with Crippen molar-refractivity contribution < 1.29 is 28.6 Å². The standard InChI is InChI=1S/C29H40N2O6/c1-18(2)25(29(33)34)31-27(32)20-11-7-14-23(15-20)36-17-24-26(19-9-5-4-6-10-19)37-28(30-24)21-12-8-13-22(16-21)35-3/h8,12-13,16,18-20,23,25H,4-7,9-11,14-15,17H2,1-3H3,(H,31,32)(H,33,34)/t20-,23+,25?/m1/s1. The van der Waals surface area contributed by atoms with Gasteiger partial charge >= 0.3 is 5.97 Å². The molecule has 0 radical (unpaired) electrons. The highest BCUT2D eigenvalue weighted by molar-refractivity contribution is 5.85. The van der Waals surface area contributed by atoms with E-state index in [0.29, 0.717) is 24.8 Å². The molecule has 2 aliphatic carbocycles. The van der Waals surface area contributed by atoms with E-state index in [-0.39, 0.29) is 23.8 Å². The second-order valence-corrected chi connectivity index (χ2v) is 10.8. The molecule has 2 aliphatic rings. The summed E-state index contributed by atoms with van der Waals surface area (Å²) >= 11 is 0. The van der Waals surface area contributed by atoms with Crippen LogP contribution in [0.4, 0.5) is 0 Å². The predicted molar refractivity (Wildman–Crippen MR) is 139 cm³/mol. The fourth-order valence-corrected chi connectivity index (χ4v) is 5.55. The number of carbonyl (C=O) groups is 2. The molecule has 3 atom stereocenters. The van der Waals surface area contributed by atoms with Crippen molar-refractivity contribution in [2.24, 2.45) is 11.8 Å². The van der Waals surface area contributed by atoms with Gasteiger partial charge in [-0.2, -0.15) is 0 Å². The van der Waals surface area contributed by atoms with Gasteiger partial charge in [-0.15, -0.1) is 0 Å². The van der Waals surface area contributed by atoms with Crippen LogP contribution in [0.2, 0.25) is 0 Å². The van der Waals surface area contributed by atoms with Crippen molar-refractivity contribution in [1.29, 1.82) is 0 Å². The first-order valence-electron chi connectivity index (χ1n) is 13.6. The number of carboxylic acids is 1. The lowest BCUT2D eigenvalue weighted by atomic mass is 9.86. The van der Waals surface area contributed by atoms with Crippen molar-refractivity contribution in [3.8, 4) is 17.2 Å². The lowest BCUT2D eigenvalue weighted by Gasteiger charge is -2.30. The number of nitrogens with zero attached hydrogens (tertiary/aromatic N) is 1. The third-order valence-corrected chi connectivity index (χ3v) is 7.70. The Kier molecular flexibility index (Phi) is 9.24. The van der Waals surface area contributed by atoms with E-state index in [2.05, 4.69) is 5.32 Å². The van der Waals surface area contributed by atoms with Gasteiger partial charge in [0.2, 0.25) is 11.8 Å². The predicted octanol–water partition coefficient (Wildman–Crippen LogP) is 5.70. The van der Waals surface area contributed by atoms with E-state index in [1.807, 2.05) is 24.3 Å². The molecule has 8 nitrogen and oxygen atoms in total. The SMILES string of the molecule is COc1cccc(-c2nc(CO[C@H]3CCC[C@@H](C(=O)NC(C(=O)O)C(C)C)C3)c(C3CCCCC3)o2)c1. The Morgan fingerprint density at radius 3 is 2.62 bits per heavy atom. The van der Waals surface area contributed by atoms with Gasteiger partial charge in [0.15, 0.2) is 0 Å². The van der Waals surface area contributed by atoms with E-state index in [4.69, 9.17) is 18.9 Å². The summed E-state index contributed by atoms with van der Waals surface area (Å²) in [5.41, 5.74) is 1.71. The number of carboxylic acid groups (broad SMARTS) is 1. The van der Waals surface area contributed by atoms with E-state index in [9.17, 15) is 14.7 Å². The summed E-state index contributed by atoms with van der Waals surface area (Å²) in [7, 11) is 1.64. The number of carbonyl (C=O) groups excluding carboxylic acids is 1. The van der Waals surface area contributed by atoms with Gasteiger partial charge in [0.1, 0.15) is 23.2 Å². The molecule has 0 saturated heterocycles. The van der Waals surface area contributed by atoms with Crippen molar-refractivity contribution in [2.75, 3.05) is 7.11 Å². The monoisotopic (exact) mass is 512 g/mol. The Morgan fingerprint density at radius 1 is 1.14 bits per heavy atom. The minimum atomic E-state index is -1.000. The average Bonchev–Trinajstić information content (AvgIpc) is 3.35. The summed E-state index contributed by atoms with van der Waals surface area (Å²) in [5, 5.41) is 12.2. The van der Waals surface area contributed by atoms with Gasteiger partial charge in [-0.3, -0.25) is 4.79 Å². The van der Waals surface area contributed by atoms with Crippen molar-refractivity contribution in [1.82, 2.24) is 10.3 Å². The van der Waals surface area contributed by atoms with Crippen LogP contribution in [0.25, 0.3) is 11.5 Å². The van der Waals surface area contributed by atoms with Crippen molar-refractivity contribution >= 4 is 11.9 Å². The Balaban J connectivity index is 1.45. The molecule has 1 amide bonds. The molecular formula is C29H40N2O6. The number of oxazole rings is 1. The summed E-state index contributed by atoms with van der Waals surface area (Å²) < 4.78 is 18.1. The first kappa shape index (κ1) is 27.2. The van der Waals surface area contributed by atoms with Crippen LogP contribution in [0.3, 0.4) is 0 Å². The third kappa shape index (κ3) is 6.92. The van der Waals surface area contributed by atoms with E-state index in [1.165, 1.54) is 19.3 Å². The highest BCUT2D eigenvalue weighted by atomic mass is 16.5. The van der Waals surface area contributed by atoms with Crippen LogP contribution in [0, 0.1) is 11.8 Å². The number of methoxy groups -OCH3 is 1. The maximum atomic E-state index is 12.8. The van der Waals surface area contributed by atoms with Gasteiger partial charge < -0.3 is 24.3 Å². The Morgan fingerprint density at radius 2 is 1.92 bits per heavy atom. The molecule has 2 aromatic rings. The normalized spacial score (nSPS) is 21.5. The second-order valence-electron chi connectivity index (χ2n) is 10.8. The number of aliphatic carboxylic acids is 1. The number of rotatable bonds is 10. The molecule has 37 heavy (non-hydrogen) atoms. The molecule has 2 N–H and O–H groups in total. The number of ether oxygens (including phenoxy) is 2. The number of benzene rings is 1. The van der Waals surface area contributed by atoms with Gasteiger partial charge in [0.05, 0.1) is 19.8 Å². The number of aromatic nitrogens is 1. The van der Waals surface area contributed by atoms with Gasteiger partial charge in [-0.1, -0.05) is 45.6 Å². The molecule has 4 rings (SSSR count). The first-order chi connectivity index (χ1) is 17.9. The lowest BCUT2D eigenvalue weighted by molar-refractivity contribution is -0.144. The van der Waals surface area contributed by atoms with Crippen LogP contribution in [-0.4, -0.2) is 41.2 Å². The molecule has 0 aliphatic heterocycles. The topological polar surface area (TPSA) is 111 Å². The molecule has 8 heteroatoms. The minimum absolute atomic E-state index is 0.0806. The lowest BCUT2D eigenvalue weighted by Crippen LogP contribution is -2.47. The zero-order valence-electron chi connectivity index (χ0n) is 22.2. The smallest absolute Gasteiger partial charge is 0.326 e. The molecule has 1 heterocycles. The fourth-order valence-electron chi connectivity index (χ4n) is 5.55. The van der Waals surface area contributed by atoms with Crippen LogP contribution < -0.4 is 10.1 Å². The maximum absolute atomic E-state index is 12.8. The molecule has 2 saturated carbocycles. The summed E-state index contributed by atoms with van der Waals surface area (Å²) in [6.45, 7) is 3.93. The summed E-state index contributed by atoms with van der Waals surface area (Å²) in [4.78, 5) is 29.2. The molecule has 1 unspecified atom stereocenters. The average molecular weight is 513 g/mol. The molecule has 1 aromatic heterocycles. The largest absolute Gasteiger partial charge is 0.497 e.